The average Bonchev–Trinajstić information content (AvgIpc) is 3.32. The third-order valence-corrected chi connectivity index (χ3v) is 6.09. The highest BCUT2D eigenvalue weighted by Crippen LogP contribution is 2.40. The van der Waals surface area contributed by atoms with Crippen molar-refractivity contribution in [2.75, 3.05) is 31.1 Å². The van der Waals surface area contributed by atoms with Crippen LogP contribution in [-0.2, 0) is 11.3 Å². The summed E-state index contributed by atoms with van der Waals surface area (Å²) in [5.74, 6) is 1.82. The van der Waals surface area contributed by atoms with E-state index in [1.54, 1.807) is 6.33 Å². The lowest BCUT2D eigenvalue weighted by Crippen LogP contribution is -2.50. The second-order valence-corrected chi connectivity index (χ2v) is 8.60. The molecule has 0 N–H and O–H groups in total. The molecule has 1 aromatic heterocycles. The van der Waals surface area contributed by atoms with Gasteiger partial charge in [0.2, 0.25) is 5.91 Å². The highest BCUT2D eigenvalue weighted by Gasteiger charge is 2.40. The lowest BCUT2D eigenvalue weighted by molar-refractivity contribution is -0.131. The van der Waals surface area contributed by atoms with Crippen LogP contribution in [0, 0.1) is 0 Å². The highest BCUT2D eigenvalue weighted by molar-refractivity contribution is 6.14. The van der Waals surface area contributed by atoms with Gasteiger partial charge >= 0.3 is 0 Å². The van der Waals surface area contributed by atoms with Crippen LogP contribution in [-0.4, -0.2) is 58.3 Å². The number of benzene rings is 1. The van der Waals surface area contributed by atoms with Crippen LogP contribution in [0.4, 0.5) is 5.82 Å². The Balaban J connectivity index is 1.37. The van der Waals surface area contributed by atoms with Gasteiger partial charge in [0.1, 0.15) is 23.5 Å². The molecule has 0 spiro atoms. The molecule has 1 amide bonds. The average molecular weight is 406 g/mol. The molecule has 1 aromatic carbocycles. The fraction of sp³-hybridized carbons (Fsp3) is 0.478. The van der Waals surface area contributed by atoms with Gasteiger partial charge in [0.15, 0.2) is 0 Å². The Morgan fingerprint density at radius 3 is 2.80 bits per heavy atom. The fourth-order valence-corrected chi connectivity index (χ4v) is 4.07. The van der Waals surface area contributed by atoms with Crippen molar-refractivity contribution < 1.29 is 9.53 Å². The molecule has 2 aromatic rings. The number of nitrogens with zero attached hydrogens (tertiary/aromatic N) is 5. The molecule has 7 nitrogen and oxygen atoms in total. The van der Waals surface area contributed by atoms with Gasteiger partial charge in [-0.15, -0.1) is 0 Å². The molecule has 156 valence electrons. The van der Waals surface area contributed by atoms with Gasteiger partial charge in [-0.25, -0.2) is 9.97 Å². The number of aliphatic imine (C=N–C) groups is 1. The summed E-state index contributed by atoms with van der Waals surface area (Å²) in [6.45, 7) is 7.58. The quantitative estimate of drug-likeness (QED) is 0.739. The van der Waals surface area contributed by atoms with Crippen LogP contribution in [0.15, 0.2) is 35.6 Å². The van der Waals surface area contributed by atoms with Gasteiger partial charge in [0, 0.05) is 31.3 Å². The van der Waals surface area contributed by atoms with Crippen LogP contribution in [0.25, 0.3) is 0 Å². The van der Waals surface area contributed by atoms with Crippen molar-refractivity contribution in [3.8, 4) is 5.75 Å². The molecular formula is C23H27N5O2. The normalized spacial score (nSPS) is 19.5. The summed E-state index contributed by atoms with van der Waals surface area (Å²) < 4.78 is 6.14. The van der Waals surface area contributed by atoms with Crippen molar-refractivity contribution in [2.45, 2.75) is 45.3 Å². The molecule has 0 radical (unpaired) electrons. The molecular weight excluding hydrogens is 378 g/mol. The Hall–Kier alpha value is -2.96. The zero-order valence-corrected chi connectivity index (χ0v) is 17.6. The SMILES string of the molecule is CCCN1CCN(c2cc(C3=NCc4ccc(OC5(C)CC5)cc43)ncn2)CC1=O. The molecule has 0 atom stereocenters. The number of ether oxygens (including phenoxy) is 1. The maximum Gasteiger partial charge on any atom is 0.242 e. The van der Waals surface area contributed by atoms with Crippen molar-refractivity contribution in [1.82, 2.24) is 14.9 Å². The molecule has 5 rings (SSSR count). The number of fused-ring (bicyclic) bond motifs is 1. The van der Waals surface area contributed by atoms with Gasteiger partial charge in [-0.05, 0) is 43.9 Å². The highest BCUT2D eigenvalue weighted by atomic mass is 16.5. The Kier molecular flexibility index (Phi) is 4.68. The van der Waals surface area contributed by atoms with E-state index in [1.165, 1.54) is 5.56 Å². The molecule has 3 heterocycles. The number of hydrogen-bond donors (Lipinski definition) is 0. The van der Waals surface area contributed by atoms with Crippen LogP contribution >= 0.6 is 0 Å². The number of amides is 1. The predicted molar refractivity (Wildman–Crippen MR) is 115 cm³/mol. The van der Waals surface area contributed by atoms with E-state index in [2.05, 4.69) is 35.9 Å². The van der Waals surface area contributed by atoms with Crippen LogP contribution in [0.1, 0.15) is 49.9 Å². The first kappa shape index (κ1) is 19.0. The van der Waals surface area contributed by atoms with Crippen molar-refractivity contribution in [3.05, 3.63) is 47.4 Å². The number of piperazine rings is 1. The Labute approximate surface area is 176 Å². The van der Waals surface area contributed by atoms with Crippen LogP contribution in [0.2, 0.25) is 0 Å². The molecule has 7 heteroatoms. The van der Waals surface area contributed by atoms with Gasteiger partial charge in [-0.3, -0.25) is 9.79 Å². The van der Waals surface area contributed by atoms with E-state index in [0.29, 0.717) is 13.1 Å². The van der Waals surface area contributed by atoms with Gasteiger partial charge in [-0.2, -0.15) is 0 Å². The van der Waals surface area contributed by atoms with Crippen molar-refractivity contribution in [1.29, 1.82) is 0 Å². The van der Waals surface area contributed by atoms with E-state index in [9.17, 15) is 4.79 Å². The summed E-state index contributed by atoms with van der Waals surface area (Å²) in [5.41, 5.74) is 3.90. The smallest absolute Gasteiger partial charge is 0.242 e. The van der Waals surface area contributed by atoms with E-state index in [4.69, 9.17) is 9.73 Å². The molecule has 1 saturated carbocycles. The zero-order chi connectivity index (χ0) is 20.7. The maximum atomic E-state index is 12.4. The summed E-state index contributed by atoms with van der Waals surface area (Å²) in [7, 11) is 0. The first-order chi connectivity index (χ1) is 14.5. The van der Waals surface area contributed by atoms with Crippen LogP contribution in [0.5, 0.6) is 5.75 Å². The first-order valence-electron chi connectivity index (χ1n) is 10.8. The molecule has 0 unspecified atom stereocenters. The zero-order valence-electron chi connectivity index (χ0n) is 17.6. The summed E-state index contributed by atoms with van der Waals surface area (Å²) in [5, 5.41) is 0. The van der Waals surface area contributed by atoms with E-state index >= 15 is 0 Å². The minimum Gasteiger partial charge on any atom is -0.488 e. The predicted octanol–water partition coefficient (Wildman–Crippen LogP) is 2.82. The lowest BCUT2D eigenvalue weighted by atomic mass is 10.0. The number of aromatic nitrogens is 2. The summed E-state index contributed by atoms with van der Waals surface area (Å²) in [6.07, 6.45) is 4.75. The lowest BCUT2D eigenvalue weighted by Gasteiger charge is -2.34. The van der Waals surface area contributed by atoms with Crippen molar-refractivity contribution in [3.63, 3.8) is 0 Å². The Morgan fingerprint density at radius 1 is 1.17 bits per heavy atom. The topological polar surface area (TPSA) is 70.9 Å². The van der Waals surface area contributed by atoms with Gasteiger partial charge in [-0.1, -0.05) is 13.0 Å². The summed E-state index contributed by atoms with van der Waals surface area (Å²) in [4.78, 5) is 30.1. The van der Waals surface area contributed by atoms with Crippen molar-refractivity contribution in [2.24, 2.45) is 4.99 Å². The minimum absolute atomic E-state index is 0.0152. The van der Waals surface area contributed by atoms with Crippen LogP contribution in [0.3, 0.4) is 0 Å². The molecule has 1 aliphatic carbocycles. The fourth-order valence-electron chi connectivity index (χ4n) is 4.07. The first-order valence-corrected chi connectivity index (χ1v) is 10.8. The number of carbonyl (C=O) groups is 1. The van der Waals surface area contributed by atoms with E-state index in [1.807, 2.05) is 21.9 Å². The number of rotatable bonds is 6. The Bertz CT molecular complexity index is 1010. The largest absolute Gasteiger partial charge is 0.488 e. The van der Waals surface area contributed by atoms with Gasteiger partial charge < -0.3 is 14.5 Å². The van der Waals surface area contributed by atoms with Crippen LogP contribution < -0.4 is 9.64 Å². The second kappa shape index (κ2) is 7.38. The number of hydrogen-bond acceptors (Lipinski definition) is 6. The molecule has 0 bridgehead atoms. The third kappa shape index (κ3) is 3.64. The molecule has 1 saturated heterocycles. The van der Waals surface area contributed by atoms with Gasteiger partial charge in [0.25, 0.3) is 0 Å². The van der Waals surface area contributed by atoms with E-state index in [0.717, 1.165) is 67.4 Å². The van der Waals surface area contributed by atoms with E-state index in [-0.39, 0.29) is 11.5 Å². The maximum absolute atomic E-state index is 12.4. The third-order valence-electron chi connectivity index (χ3n) is 6.09. The molecule has 2 aliphatic heterocycles. The monoisotopic (exact) mass is 405 g/mol. The standard InChI is InChI=1S/C23H27N5O2/c1-3-8-27-9-10-28(14-21(27)29)20-12-19(25-15-26-20)22-18-11-17(30-23(2)6-7-23)5-4-16(18)13-24-22/h4-5,11-12,15H,3,6-10,13-14H2,1-2H3. The number of carbonyl (C=O) groups excluding carboxylic acids is 1. The Morgan fingerprint density at radius 2 is 2.03 bits per heavy atom. The molecule has 30 heavy (non-hydrogen) atoms. The summed E-state index contributed by atoms with van der Waals surface area (Å²) in [6, 6.07) is 8.17. The second-order valence-electron chi connectivity index (χ2n) is 8.60. The van der Waals surface area contributed by atoms with Crippen molar-refractivity contribution >= 4 is 17.4 Å². The minimum atomic E-state index is -0.0152. The number of anilines is 1. The van der Waals surface area contributed by atoms with Gasteiger partial charge in [0.05, 0.1) is 24.5 Å². The summed E-state index contributed by atoms with van der Waals surface area (Å²) >= 11 is 0. The molecule has 3 aliphatic rings. The van der Waals surface area contributed by atoms with E-state index < -0.39 is 0 Å². The molecule has 2 fully saturated rings.